The van der Waals surface area contributed by atoms with Gasteiger partial charge in [0.1, 0.15) is 6.61 Å². The first-order valence-corrected chi connectivity index (χ1v) is 5.75. The number of piperidine rings is 1. The van der Waals surface area contributed by atoms with Crippen LogP contribution in [0.3, 0.4) is 0 Å². The lowest BCUT2D eigenvalue weighted by atomic mass is 9.99. The molecule has 1 fully saturated rings. The van der Waals surface area contributed by atoms with Crippen molar-refractivity contribution in [3.8, 4) is 0 Å². The average molecular weight is 214 g/mol. The number of nitrogens with zero attached hydrogens (tertiary/aromatic N) is 1. The number of likely N-dealkylation sites (N-methyl/N-ethyl adjacent to an activating group) is 1. The van der Waals surface area contributed by atoms with Gasteiger partial charge in [-0.05, 0) is 38.8 Å². The Bertz CT molecular complexity index is 191. The molecule has 0 aromatic carbocycles. The Morgan fingerprint density at radius 1 is 1.60 bits per heavy atom. The van der Waals surface area contributed by atoms with Gasteiger partial charge in [-0.15, -0.1) is 0 Å². The second-order valence-corrected chi connectivity index (χ2v) is 4.08. The van der Waals surface area contributed by atoms with Crippen molar-refractivity contribution in [2.75, 3.05) is 39.9 Å². The summed E-state index contributed by atoms with van der Waals surface area (Å²) < 4.78 is 4.87. The Balaban J connectivity index is 2.34. The zero-order valence-electron chi connectivity index (χ0n) is 9.79. The van der Waals surface area contributed by atoms with Gasteiger partial charge in [-0.3, -0.25) is 4.79 Å². The number of methoxy groups -OCH3 is 1. The van der Waals surface area contributed by atoms with Crippen LogP contribution >= 0.6 is 0 Å². The molecule has 1 heterocycles. The van der Waals surface area contributed by atoms with Crippen molar-refractivity contribution in [3.63, 3.8) is 0 Å². The van der Waals surface area contributed by atoms with Crippen LogP contribution in [-0.2, 0) is 9.53 Å². The molecule has 0 aromatic heterocycles. The van der Waals surface area contributed by atoms with Gasteiger partial charge in [0, 0.05) is 20.2 Å². The number of nitrogens with one attached hydrogen (secondary N) is 1. The Kier molecular flexibility index (Phi) is 5.65. The molecule has 4 heteroatoms. The quantitative estimate of drug-likeness (QED) is 0.724. The Morgan fingerprint density at radius 3 is 2.93 bits per heavy atom. The van der Waals surface area contributed by atoms with E-state index in [2.05, 4.69) is 5.32 Å². The monoisotopic (exact) mass is 214 g/mol. The molecule has 1 N–H and O–H groups in total. The van der Waals surface area contributed by atoms with Gasteiger partial charge in [-0.1, -0.05) is 0 Å². The fourth-order valence-electron chi connectivity index (χ4n) is 2.01. The summed E-state index contributed by atoms with van der Waals surface area (Å²) in [7, 11) is 1.56. The van der Waals surface area contributed by atoms with Gasteiger partial charge in [0.25, 0.3) is 0 Å². The van der Waals surface area contributed by atoms with Crippen LogP contribution in [0.1, 0.15) is 19.8 Å². The van der Waals surface area contributed by atoms with Crippen LogP contribution < -0.4 is 5.32 Å². The fraction of sp³-hybridized carbons (Fsp3) is 0.909. The highest BCUT2D eigenvalue weighted by Crippen LogP contribution is 2.11. The van der Waals surface area contributed by atoms with Gasteiger partial charge < -0.3 is 15.0 Å². The highest BCUT2D eigenvalue weighted by molar-refractivity contribution is 5.77. The maximum absolute atomic E-state index is 11.6. The summed E-state index contributed by atoms with van der Waals surface area (Å²) in [6.45, 7) is 6.02. The molecule has 0 saturated carbocycles. The normalized spacial score (nSPS) is 21.3. The standard InChI is InChI=1S/C11H22N2O2/c1-3-13(11(14)9-15-2)8-10-5-4-6-12-7-10/h10,12H,3-9H2,1-2H3. The summed E-state index contributed by atoms with van der Waals surface area (Å²) in [5, 5.41) is 3.37. The first-order chi connectivity index (χ1) is 7.27. The lowest BCUT2D eigenvalue weighted by molar-refractivity contribution is -0.135. The topological polar surface area (TPSA) is 41.6 Å². The van der Waals surface area contributed by atoms with Gasteiger partial charge in [0.15, 0.2) is 0 Å². The molecule has 1 aliphatic heterocycles. The largest absolute Gasteiger partial charge is 0.375 e. The van der Waals surface area contributed by atoms with E-state index in [4.69, 9.17) is 4.74 Å². The summed E-state index contributed by atoms with van der Waals surface area (Å²) in [6.07, 6.45) is 2.45. The molecule has 1 atom stereocenters. The lowest BCUT2D eigenvalue weighted by Crippen LogP contribution is -2.42. The third-order valence-corrected chi connectivity index (χ3v) is 2.88. The summed E-state index contributed by atoms with van der Waals surface area (Å²) in [6, 6.07) is 0. The molecule has 15 heavy (non-hydrogen) atoms. The number of ether oxygens (including phenoxy) is 1. The van der Waals surface area contributed by atoms with Gasteiger partial charge in [-0.2, -0.15) is 0 Å². The third-order valence-electron chi connectivity index (χ3n) is 2.88. The lowest BCUT2D eigenvalue weighted by Gasteiger charge is -2.29. The summed E-state index contributed by atoms with van der Waals surface area (Å²) in [5.41, 5.74) is 0. The number of hydrogen-bond acceptors (Lipinski definition) is 3. The van der Waals surface area contributed by atoms with E-state index in [1.165, 1.54) is 12.8 Å². The second kappa shape index (κ2) is 6.80. The molecular weight excluding hydrogens is 192 g/mol. The van der Waals surface area contributed by atoms with Gasteiger partial charge in [0.05, 0.1) is 0 Å². The van der Waals surface area contributed by atoms with Crippen molar-refractivity contribution in [1.29, 1.82) is 0 Å². The number of amides is 1. The molecule has 1 unspecified atom stereocenters. The summed E-state index contributed by atoms with van der Waals surface area (Å²) in [4.78, 5) is 13.5. The van der Waals surface area contributed by atoms with Crippen molar-refractivity contribution < 1.29 is 9.53 Å². The number of carbonyl (C=O) groups is 1. The van der Waals surface area contributed by atoms with Gasteiger partial charge in [-0.25, -0.2) is 0 Å². The van der Waals surface area contributed by atoms with Crippen molar-refractivity contribution in [2.24, 2.45) is 5.92 Å². The fourth-order valence-corrected chi connectivity index (χ4v) is 2.01. The molecule has 1 saturated heterocycles. The SMILES string of the molecule is CCN(CC1CCCNC1)C(=O)COC. The number of hydrogen-bond donors (Lipinski definition) is 1. The number of rotatable bonds is 5. The maximum atomic E-state index is 11.6. The smallest absolute Gasteiger partial charge is 0.248 e. The third kappa shape index (κ3) is 4.18. The van der Waals surface area contributed by atoms with Gasteiger partial charge >= 0.3 is 0 Å². The number of carbonyl (C=O) groups excluding carboxylic acids is 1. The molecule has 0 radical (unpaired) electrons. The molecule has 0 bridgehead atoms. The molecule has 1 amide bonds. The van der Waals surface area contributed by atoms with E-state index in [0.717, 1.165) is 26.2 Å². The molecule has 1 aliphatic rings. The van der Waals surface area contributed by atoms with E-state index in [-0.39, 0.29) is 12.5 Å². The minimum absolute atomic E-state index is 0.102. The maximum Gasteiger partial charge on any atom is 0.248 e. The highest BCUT2D eigenvalue weighted by Gasteiger charge is 2.19. The minimum atomic E-state index is 0.102. The predicted octanol–water partition coefficient (Wildman–Crippen LogP) is 0.481. The Morgan fingerprint density at radius 2 is 2.40 bits per heavy atom. The van der Waals surface area contributed by atoms with Crippen molar-refractivity contribution in [1.82, 2.24) is 10.2 Å². The zero-order valence-corrected chi connectivity index (χ0v) is 9.79. The Hall–Kier alpha value is -0.610. The van der Waals surface area contributed by atoms with Crippen LogP contribution in [0.5, 0.6) is 0 Å². The predicted molar refractivity (Wildman–Crippen MR) is 59.7 cm³/mol. The summed E-state index contributed by atoms with van der Waals surface area (Å²) in [5.74, 6) is 0.713. The van der Waals surface area contributed by atoms with E-state index in [9.17, 15) is 4.79 Å². The van der Waals surface area contributed by atoms with Crippen LogP contribution in [0.15, 0.2) is 0 Å². The van der Waals surface area contributed by atoms with E-state index < -0.39 is 0 Å². The van der Waals surface area contributed by atoms with E-state index in [1.807, 2.05) is 11.8 Å². The molecule has 1 rings (SSSR count). The van der Waals surface area contributed by atoms with Crippen LogP contribution in [0.25, 0.3) is 0 Å². The average Bonchev–Trinajstić information content (AvgIpc) is 2.27. The van der Waals surface area contributed by atoms with E-state index in [1.54, 1.807) is 7.11 Å². The van der Waals surface area contributed by atoms with Crippen LogP contribution in [0, 0.1) is 5.92 Å². The van der Waals surface area contributed by atoms with Crippen molar-refractivity contribution >= 4 is 5.91 Å². The van der Waals surface area contributed by atoms with Crippen LogP contribution in [0.2, 0.25) is 0 Å². The van der Waals surface area contributed by atoms with Gasteiger partial charge in [0.2, 0.25) is 5.91 Å². The molecule has 4 nitrogen and oxygen atoms in total. The minimum Gasteiger partial charge on any atom is -0.375 e. The van der Waals surface area contributed by atoms with Crippen LogP contribution in [0.4, 0.5) is 0 Å². The van der Waals surface area contributed by atoms with Crippen LogP contribution in [-0.4, -0.2) is 50.7 Å². The zero-order chi connectivity index (χ0) is 11.1. The molecular formula is C11H22N2O2. The first kappa shape index (κ1) is 12.5. The molecule has 0 aromatic rings. The first-order valence-electron chi connectivity index (χ1n) is 5.75. The summed E-state index contributed by atoms with van der Waals surface area (Å²) >= 11 is 0. The van der Waals surface area contributed by atoms with Crippen molar-refractivity contribution in [3.05, 3.63) is 0 Å². The van der Waals surface area contributed by atoms with Crippen molar-refractivity contribution in [2.45, 2.75) is 19.8 Å². The highest BCUT2D eigenvalue weighted by atomic mass is 16.5. The van der Waals surface area contributed by atoms with E-state index >= 15 is 0 Å². The van der Waals surface area contributed by atoms with E-state index in [0.29, 0.717) is 5.92 Å². The molecule has 0 spiro atoms. The second-order valence-electron chi connectivity index (χ2n) is 4.08. The Labute approximate surface area is 92.0 Å². The molecule has 0 aliphatic carbocycles. The molecule has 88 valence electrons.